The Labute approximate surface area is 149 Å². The molecule has 10 heteroatoms. The predicted octanol–water partition coefficient (Wildman–Crippen LogP) is 0.498. The van der Waals surface area contributed by atoms with Gasteiger partial charge in [-0.05, 0) is 12.8 Å². The molecule has 1 aliphatic rings. The molecular formula is C14H23ClN4O4S. The van der Waals surface area contributed by atoms with Crippen LogP contribution in [0.1, 0.15) is 19.8 Å². The van der Waals surface area contributed by atoms with Gasteiger partial charge in [-0.3, -0.25) is 0 Å². The van der Waals surface area contributed by atoms with Crippen LogP contribution in [-0.2, 0) is 4.74 Å². The van der Waals surface area contributed by atoms with Crippen LogP contribution in [0.4, 0.5) is 11.5 Å². The third-order valence-corrected chi connectivity index (χ3v) is 5.03. The average Bonchev–Trinajstić information content (AvgIpc) is 2.83. The van der Waals surface area contributed by atoms with Crippen LogP contribution in [0.2, 0.25) is 5.15 Å². The second-order valence-corrected chi connectivity index (χ2v) is 6.93. The first-order valence-electron chi connectivity index (χ1n) is 7.78. The zero-order chi connectivity index (χ0) is 17.7. The third kappa shape index (κ3) is 4.62. The lowest BCUT2D eigenvalue weighted by atomic mass is 10.2. The van der Waals surface area contributed by atoms with E-state index in [1.165, 1.54) is 11.8 Å². The summed E-state index contributed by atoms with van der Waals surface area (Å²) >= 11 is 7.51. The molecule has 0 spiro atoms. The van der Waals surface area contributed by atoms with Gasteiger partial charge in [-0.15, -0.1) is 0 Å². The molecule has 1 aliphatic carbocycles. The van der Waals surface area contributed by atoms with Crippen molar-refractivity contribution in [3.05, 3.63) is 5.15 Å². The summed E-state index contributed by atoms with van der Waals surface area (Å²) in [7, 11) is 0. The van der Waals surface area contributed by atoms with E-state index in [1.54, 1.807) is 0 Å². The maximum absolute atomic E-state index is 10.2. The summed E-state index contributed by atoms with van der Waals surface area (Å²) < 4.78 is 5.34. The predicted molar refractivity (Wildman–Crippen MR) is 93.3 cm³/mol. The van der Waals surface area contributed by atoms with Crippen molar-refractivity contribution in [2.45, 2.75) is 49.3 Å². The maximum Gasteiger partial charge on any atom is 0.191 e. The molecule has 0 aliphatic heterocycles. The topological polar surface area (TPSA) is 134 Å². The number of anilines is 2. The van der Waals surface area contributed by atoms with Gasteiger partial charge >= 0.3 is 0 Å². The lowest BCUT2D eigenvalue weighted by Crippen LogP contribution is -2.36. The molecule has 3 unspecified atom stereocenters. The Kier molecular flexibility index (Phi) is 7.33. The number of aliphatic hydroxyl groups excluding tert-OH is 3. The van der Waals surface area contributed by atoms with Crippen molar-refractivity contribution in [2.24, 2.45) is 0 Å². The average molecular weight is 379 g/mol. The molecule has 24 heavy (non-hydrogen) atoms. The molecule has 0 aromatic carbocycles. The van der Waals surface area contributed by atoms with E-state index in [1.807, 2.05) is 6.92 Å². The molecule has 0 amide bonds. The number of aliphatic hydroxyl groups is 3. The van der Waals surface area contributed by atoms with Crippen molar-refractivity contribution in [3.8, 4) is 0 Å². The molecule has 1 aromatic heterocycles. The number of nitrogens with one attached hydrogen (secondary N) is 1. The summed E-state index contributed by atoms with van der Waals surface area (Å²) in [6.07, 6.45) is -1.36. The lowest BCUT2D eigenvalue weighted by Gasteiger charge is -2.19. The van der Waals surface area contributed by atoms with E-state index in [0.29, 0.717) is 17.4 Å². The summed E-state index contributed by atoms with van der Waals surface area (Å²) in [5.74, 6) is 1.18. The minimum absolute atomic E-state index is 0.0977. The van der Waals surface area contributed by atoms with Gasteiger partial charge < -0.3 is 31.1 Å². The van der Waals surface area contributed by atoms with E-state index < -0.39 is 24.4 Å². The Morgan fingerprint density at radius 3 is 2.79 bits per heavy atom. The number of thioether (sulfide) groups is 1. The number of nitrogens with zero attached hydrogens (tertiary/aromatic N) is 2. The zero-order valence-corrected chi connectivity index (χ0v) is 14.9. The van der Waals surface area contributed by atoms with Crippen molar-refractivity contribution in [1.29, 1.82) is 0 Å². The Balaban J connectivity index is 2.10. The van der Waals surface area contributed by atoms with E-state index in [0.717, 1.165) is 12.2 Å². The van der Waals surface area contributed by atoms with Crippen molar-refractivity contribution >= 4 is 34.9 Å². The summed E-state index contributed by atoms with van der Waals surface area (Å²) in [6, 6.07) is -0.499. The SMILES string of the molecule is CCCSc1nc(Cl)c(N)c(NC2C[C@H](OCCO)C(O)C2O)n1. The number of aromatic nitrogens is 2. The van der Waals surface area contributed by atoms with E-state index in [-0.39, 0.29) is 24.1 Å². The van der Waals surface area contributed by atoms with Crippen molar-refractivity contribution in [3.63, 3.8) is 0 Å². The van der Waals surface area contributed by atoms with Gasteiger partial charge in [-0.25, -0.2) is 9.97 Å². The number of ether oxygens (including phenoxy) is 1. The second kappa shape index (κ2) is 9.02. The summed E-state index contributed by atoms with van der Waals surface area (Å²) in [6.45, 7) is 2.00. The molecule has 4 atom stereocenters. The third-order valence-electron chi connectivity index (χ3n) is 3.69. The normalized spacial score (nSPS) is 26.7. The molecule has 6 N–H and O–H groups in total. The molecule has 136 valence electrons. The number of rotatable bonds is 8. The monoisotopic (exact) mass is 378 g/mol. The van der Waals surface area contributed by atoms with Crippen LogP contribution in [0.5, 0.6) is 0 Å². The maximum atomic E-state index is 10.2. The molecule has 2 rings (SSSR count). The Morgan fingerprint density at radius 2 is 2.12 bits per heavy atom. The quantitative estimate of drug-likeness (QED) is 0.249. The summed E-state index contributed by atoms with van der Waals surface area (Å²) in [5.41, 5.74) is 6.11. The fourth-order valence-corrected chi connectivity index (χ4v) is 3.39. The van der Waals surface area contributed by atoms with Gasteiger partial charge in [-0.1, -0.05) is 30.3 Å². The smallest absolute Gasteiger partial charge is 0.191 e. The first-order chi connectivity index (χ1) is 11.5. The number of halogens is 1. The molecule has 1 saturated carbocycles. The minimum atomic E-state index is -1.05. The number of hydrogen-bond acceptors (Lipinski definition) is 9. The van der Waals surface area contributed by atoms with Crippen LogP contribution in [0.3, 0.4) is 0 Å². The lowest BCUT2D eigenvalue weighted by molar-refractivity contribution is -0.0612. The molecule has 1 heterocycles. The van der Waals surface area contributed by atoms with Crippen molar-refractivity contribution < 1.29 is 20.1 Å². The van der Waals surface area contributed by atoms with Crippen molar-refractivity contribution in [1.82, 2.24) is 9.97 Å². The van der Waals surface area contributed by atoms with E-state index >= 15 is 0 Å². The van der Waals surface area contributed by atoms with Crippen LogP contribution in [0.25, 0.3) is 0 Å². The Morgan fingerprint density at radius 1 is 1.38 bits per heavy atom. The molecule has 1 aromatic rings. The van der Waals surface area contributed by atoms with Crippen LogP contribution >= 0.6 is 23.4 Å². The number of nitrogen functional groups attached to an aromatic ring is 1. The van der Waals surface area contributed by atoms with E-state index in [4.69, 9.17) is 27.2 Å². The highest BCUT2D eigenvalue weighted by atomic mass is 35.5. The first-order valence-corrected chi connectivity index (χ1v) is 9.15. The summed E-state index contributed by atoms with van der Waals surface area (Å²) in [4.78, 5) is 8.46. The van der Waals surface area contributed by atoms with Crippen LogP contribution in [0, 0.1) is 0 Å². The highest BCUT2D eigenvalue weighted by Crippen LogP contribution is 2.31. The van der Waals surface area contributed by atoms with Gasteiger partial charge in [0, 0.05) is 5.75 Å². The molecule has 0 bridgehead atoms. The highest BCUT2D eigenvalue weighted by molar-refractivity contribution is 7.99. The largest absolute Gasteiger partial charge is 0.394 e. The molecule has 8 nitrogen and oxygen atoms in total. The molecule has 0 radical (unpaired) electrons. The highest BCUT2D eigenvalue weighted by Gasteiger charge is 2.42. The first kappa shape index (κ1) is 19.5. The van der Waals surface area contributed by atoms with E-state index in [2.05, 4.69) is 15.3 Å². The van der Waals surface area contributed by atoms with Crippen molar-refractivity contribution in [2.75, 3.05) is 30.0 Å². The van der Waals surface area contributed by atoms with E-state index in [9.17, 15) is 10.2 Å². The van der Waals surface area contributed by atoms with Crippen LogP contribution in [-0.4, -0.2) is 68.6 Å². The zero-order valence-electron chi connectivity index (χ0n) is 13.4. The fraction of sp³-hybridized carbons (Fsp3) is 0.714. The fourth-order valence-electron chi connectivity index (χ4n) is 2.47. The molecular weight excluding hydrogens is 356 g/mol. The molecule has 1 fully saturated rings. The van der Waals surface area contributed by atoms with Gasteiger partial charge in [0.2, 0.25) is 0 Å². The number of nitrogens with two attached hydrogens (primary N) is 1. The van der Waals surface area contributed by atoms with Gasteiger partial charge in [-0.2, -0.15) is 0 Å². The number of hydrogen-bond donors (Lipinski definition) is 5. The Bertz CT molecular complexity index is 554. The summed E-state index contributed by atoms with van der Waals surface area (Å²) in [5, 5.41) is 32.7. The van der Waals surface area contributed by atoms with Crippen LogP contribution in [0.15, 0.2) is 5.16 Å². The van der Waals surface area contributed by atoms with Crippen LogP contribution < -0.4 is 11.1 Å². The minimum Gasteiger partial charge on any atom is -0.394 e. The van der Waals surface area contributed by atoms with Gasteiger partial charge in [0.05, 0.1) is 25.4 Å². The van der Waals surface area contributed by atoms with Gasteiger partial charge in [0.1, 0.15) is 17.9 Å². The Hall–Kier alpha value is -0.840. The van der Waals surface area contributed by atoms with Gasteiger partial charge in [0.25, 0.3) is 0 Å². The van der Waals surface area contributed by atoms with Gasteiger partial charge in [0.15, 0.2) is 16.1 Å². The second-order valence-electron chi connectivity index (χ2n) is 5.51. The standard InChI is InChI=1S/C14H23ClN4O4S/c1-2-5-24-14-18-12(15)9(16)13(19-14)17-7-6-8(23-4-3-20)11(22)10(7)21/h7-8,10-11,20-22H,2-6,16H2,1H3,(H,17,18,19)/t7?,8-,10?,11?/m0/s1. The molecule has 0 saturated heterocycles.